The van der Waals surface area contributed by atoms with Crippen molar-refractivity contribution in [1.29, 1.82) is 0 Å². The molecule has 6 rings (SSSR count). The highest BCUT2D eigenvalue weighted by Crippen LogP contribution is 2.43. The number of rotatable bonds is 6. The minimum absolute atomic E-state index is 0.0700. The first-order chi connectivity index (χ1) is 17.1. The predicted octanol–water partition coefficient (Wildman–Crippen LogP) is 4.44. The highest BCUT2D eigenvalue weighted by atomic mass is 19.1. The highest BCUT2D eigenvalue weighted by Gasteiger charge is 2.46. The van der Waals surface area contributed by atoms with E-state index < -0.39 is 29.3 Å². The van der Waals surface area contributed by atoms with Crippen LogP contribution < -0.4 is 10.3 Å². The molecule has 0 spiro atoms. The number of halogens is 1. The molecular weight excluding hydrogens is 447 g/mol. The summed E-state index contributed by atoms with van der Waals surface area (Å²) in [5, 5.41) is 0. The SMILES string of the molecule is O=c1nc2n(cc1F)[C@H]1CC(O2)[C@@H](COC(c2ccccc2)(c2ccccc2)c2ccccc2)O1. The fourth-order valence-electron chi connectivity index (χ4n) is 4.98. The number of ether oxygens (including phenoxy) is 3. The molecule has 3 heterocycles. The molecule has 6 nitrogen and oxygen atoms in total. The maximum Gasteiger partial charge on any atom is 0.311 e. The smallest absolute Gasteiger partial charge is 0.311 e. The number of hydrogen-bond donors (Lipinski definition) is 0. The summed E-state index contributed by atoms with van der Waals surface area (Å²) < 4.78 is 34.3. The molecule has 0 amide bonds. The lowest BCUT2D eigenvalue weighted by Crippen LogP contribution is -2.39. The third-order valence-electron chi connectivity index (χ3n) is 6.63. The summed E-state index contributed by atoms with van der Waals surface area (Å²) in [6.45, 7) is 0.209. The molecule has 176 valence electrons. The van der Waals surface area contributed by atoms with Crippen molar-refractivity contribution in [1.82, 2.24) is 9.55 Å². The molecule has 0 saturated carbocycles. The lowest BCUT2D eigenvalue weighted by atomic mass is 9.80. The van der Waals surface area contributed by atoms with E-state index in [1.54, 1.807) is 0 Å². The maximum absolute atomic E-state index is 13.9. The second kappa shape index (κ2) is 8.76. The second-order valence-corrected chi connectivity index (χ2v) is 8.70. The van der Waals surface area contributed by atoms with E-state index in [4.69, 9.17) is 14.2 Å². The minimum Gasteiger partial charge on any atom is -0.458 e. The van der Waals surface area contributed by atoms with Crippen LogP contribution in [0.25, 0.3) is 0 Å². The predicted molar refractivity (Wildman–Crippen MR) is 127 cm³/mol. The van der Waals surface area contributed by atoms with Gasteiger partial charge in [-0.05, 0) is 16.7 Å². The lowest BCUT2D eigenvalue weighted by molar-refractivity contribution is -0.0816. The normalized spacial score (nSPS) is 20.8. The Kier molecular flexibility index (Phi) is 5.43. The Labute approximate surface area is 201 Å². The summed E-state index contributed by atoms with van der Waals surface area (Å²) >= 11 is 0. The van der Waals surface area contributed by atoms with Gasteiger partial charge in [0.1, 0.15) is 24.0 Å². The van der Waals surface area contributed by atoms with E-state index in [9.17, 15) is 9.18 Å². The Balaban J connectivity index is 1.37. The van der Waals surface area contributed by atoms with Gasteiger partial charge in [-0.3, -0.25) is 9.36 Å². The van der Waals surface area contributed by atoms with Crippen LogP contribution in [-0.2, 0) is 15.1 Å². The fraction of sp³-hybridized carbons (Fsp3) is 0.214. The van der Waals surface area contributed by atoms with E-state index in [1.807, 2.05) is 54.6 Å². The van der Waals surface area contributed by atoms with Gasteiger partial charge in [0.2, 0.25) is 5.82 Å². The molecular formula is C28H23FN2O4. The molecule has 0 radical (unpaired) electrons. The van der Waals surface area contributed by atoms with Crippen molar-refractivity contribution in [3.8, 4) is 6.01 Å². The first-order valence-corrected chi connectivity index (χ1v) is 11.6. The topological polar surface area (TPSA) is 62.6 Å². The summed E-state index contributed by atoms with van der Waals surface area (Å²) in [5.41, 5.74) is 1.11. The van der Waals surface area contributed by atoms with Gasteiger partial charge in [0.25, 0.3) is 0 Å². The Bertz CT molecular complexity index is 1280. The first-order valence-electron chi connectivity index (χ1n) is 11.6. The summed E-state index contributed by atoms with van der Waals surface area (Å²) in [7, 11) is 0. The molecule has 1 fully saturated rings. The molecule has 7 heteroatoms. The minimum atomic E-state index is -0.943. The molecule has 2 bridgehead atoms. The summed E-state index contributed by atoms with van der Waals surface area (Å²) in [6.07, 6.45) is 0.337. The van der Waals surface area contributed by atoms with Gasteiger partial charge in [0, 0.05) is 6.42 Å². The molecule has 0 N–H and O–H groups in total. The first kappa shape index (κ1) is 21.7. The summed E-state index contributed by atoms with van der Waals surface area (Å²) in [6, 6.07) is 30.3. The molecule has 2 aliphatic rings. The maximum atomic E-state index is 13.9. The Morgan fingerprint density at radius 1 is 0.914 bits per heavy atom. The molecule has 0 aliphatic carbocycles. The van der Waals surface area contributed by atoms with Crippen molar-refractivity contribution in [2.75, 3.05) is 6.61 Å². The fourth-order valence-corrected chi connectivity index (χ4v) is 4.98. The van der Waals surface area contributed by atoms with Crippen LogP contribution in [0.3, 0.4) is 0 Å². The molecule has 35 heavy (non-hydrogen) atoms. The zero-order chi connectivity index (χ0) is 23.8. The summed E-state index contributed by atoms with van der Waals surface area (Å²) in [5.74, 6) is -0.935. The number of benzene rings is 3. The van der Waals surface area contributed by atoms with Crippen LogP contribution in [0.4, 0.5) is 4.39 Å². The van der Waals surface area contributed by atoms with Gasteiger partial charge < -0.3 is 14.2 Å². The van der Waals surface area contributed by atoms with Crippen molar-refractivity contribution in [2.24, 2.45) is 0 Å². The Morgan fingerprint density at radius 3 is 2.00 bits per heavy atom. The Hall–Kier alpha value is -3.81. The van der Waals surface area contributed by atoms with Gasteiger partial charge in [-0.25, -0.2) is 0 Å². The van der Waals surface area contributed by atoms with Crippen LogP contribution in [0.15, 0.2) is 102 Å². The zero-order valence-electron chi connectivity index (χ0n) is 18.8. The summed E-state index contributed by atoms with van der Waals surface area (Å²) in [4.78, 5) is 15.4. The monoisotopic (exact) mass is 470 g/mol. The van der Waals surface area contributed by atoms with E-state index in [0.29, 0.717) is 6.42 Å². The van der Waals surface area contributed by atoms with Crippen LogP contribution in [-0.4, -0.2) is 28.4 Å². The molecule has 1 unspecified atom stereocenters. The average Bonchev–Trinajstić information content (AvgIpc) is 3.24. The second-order valence-electron chi connectivity index (χ2n) is 8.70. The number of fused-ring (bicyclic) bond motifs is 4. The van der Waals surface area contributed by atoms with Crippen LogP contribution in [0, 0.1) is 5.82 Å². The standard InChI is InChI=1S/C28H23FN2O4/c29-22-17-31-25-16-23(35-27(31)30-26(22)32)24(34-25)18-33-28(19-10-4-1-5-11-19,20-12-6-2-7-13-20)21-14-8-3-9-15-21/h1-15,17,23-25H,16,18H2/t23?,24-,25-/m1/s1. The van der Waals surface area contributed by atoms with Gasteiger partial charge in [0.05, 0.1) is 12.8 Å². The van der Waals surface area contributed by atoms with Crippen LogP contribution in [0.1, 0.15) is 29.3 Å². The average molecular weight is 471 g/mol. The highest BCUT2D eigenvalue weighted by molar-refractivity contribution is 5.47. The van der Waals surface area contributed by atoms with Crippen LogP contribution in [0.2, 0.25) is 0 Å². The van der Waals surface area contributed by atoms with Crippen molar-refractivity contribution in [3.05, 3.63) is 130 Å². The van der Waals surface area contributed by atoms with Crippen molar-refractivity contribution < 1.29 is 18.6 Å². The lowest BCUT2D eigenvalue weighted by Gasteiger charge is -2.37. The van der Waals surface area contributed by atoms with Gasteiger partial charge in [-0.1, -0.05) is 91.0 Å². The van der Waals surface area contributed by atoms with Gasteiger partial charge in [-0.15, -0.1) is 0 Å². The molecule has 2 aliphatic heterocycles. The van der Waals surface area contributed by atoms with E-state index in [2.05, 4.69) is 41.4 Å². The van der Waals surface area contributed by atoms with Crippen LogP contribution >= 0.6 is 0 Å². The van der Waals surface area contributed by atoms with Gasteiger partial charge >= 0.3 is 11.6 Å². The zero-order valence-corrected chi connectivity index (χ0v) is 18.8. The molecule has 3 atom stereocenters. The largest absolute Gasteiger partial charge is 0.458 e. The quantitative estimate of drug-likeness (QED) is 0.390. The van der Waals surface area contributed by atoms with Crippen molar-refractivity contribution in [3.63, 3.8) is 0 Å². The number of nitrogens with zero attached hydrogens (tertiary/aromatic N) is 2. The third-order valence-corrected chi connectivity index (χ3v) is 6.63. The molecule has 1 saturated heterocycles. The Morgan fingerprint density at radius 2 is 1.46 bits per heavy atom. The number of aromatic nitrogens is 2. The van der Waals surface area contributed by atoms with E-state index >= 15 is 0 Å². The van der Waals surface area contributed by atoms with Crippen molar-refractivity contribution in [2.45, 2.75) is 30.5 Å². The molecule has 3 aromatic carbocycles. The molecule has 4 aromatic rings. The van der Waals surface area contributed by atoms with Crippen LogP contribution in [0.5, 0.6) is 6.01 Å². The van der Waals surface area contributed by atoms with Gasteiger partial charge in [-0.2, -0.15) is 9.37 Å². The van der Waals surface area contributed by atoms with Gasteiger partial charge in [0.15, 0.2) is 0 Å². The van der Waals surface area contributed by atoms with E-state index in [1.165, 1.54) is 4.57 Å². The number of hydrogen-bond acceptors (Lipinski definition) is 5. The van der Waals surface area contributed by atoms with E-state index in [-0.39, 0.29) is 18.7 Å². The molecule has 1 aromatic heterocycles. The van der Waals surface area contributed by atoms with E-state index in [0.717, 1.165) is 22.9 Å². The third kappa shape index (κ3) is 3.73. The van der Waals surface area contributed by atoms with Crippen molar-refractivity contribution >= 4 is 0 Å².